The summed E-state index contributed by atoms with van der Waals surface area (Å²) in [7, 11) is -2.36. The molecule has 0 saturated carbocycles. The molecule has 10 heteroatoms. The van der Waals surface area contributed by atoms with Gasteiger partial charge in [-0.25, -0.2) is 17.9 Å². The lowest BCUT2D eigenvalue weighted by atomic mass is 10.2. The maximum absolute atomic E-state index is 12.9. The number of para-hydroxylation sites is 2. The second-order valence-corrected chi connectivity index (χ2v) is 9.37. The van der Waals surface area contributed by atoms with Crippen LogP contribution < -0.4 is 19.1 Å². The van der Waals surface area contributed by atoms with Crippen molar-refractivity contribution >= 4 is 27.6 Å². The predicted molar refractivity (Wildman–Crippen MR) is 117 cm³/mol. The number of nitrogens with zero attached hydrogens (tertiary/aromatic N) is 1. The Bertz CT molecular complexity index is 1070. The lowest BCUT2D eigenvalue weighted by molar-refractivity contribution is -0.148. The highest BCUT2D eigenvalue weighted by Gasteiger charge is 2.34. The summed E-state index contributed by atoms with van der Waals surface area (Å²) in [6, 6.07) is 12.7. The molecule has 1 aliphatic rings. The normalized spacial score (nSPS) is 15.6. The van der Waals surface area contributed by atoms with Gasteiger partial charge in [-0.2, -0.15) is 0 Å². The molecule has 0 aromatic heterocycles. The molecule has 1 unspecified atom stereocenters. The van der Waals surface area contributed by atoms with Crippen molar-refractivity contribution in [1.82, 2.24) is 4.72 Å². The van der Waals surface area contributed by atoms with Crippen LogP contribution in [0.5, 0.6) is 11.5 Å². The Morgan fingerprint density at radius 3 is 2.50 bits per heavy atom. The van der Waals surface area contributed by atoms with Crippen molar-refractivity contribution < 1.29 is 32.2 Å². The largest absolute Gasteiger partial charge is 0.484 e. The SMILES string of the molecule is COC(=O)C1CN(C(=O)COc2ccc(S(=O)(=O)NCC(C)C)cc2)c2ccccc2O1. The molecule has 0 aliphatic carbocycles. The van der Waals surface area contributed by atoms with E-state index in [4.69, 9.17) is 14.2 Å². The zero-order valence-corrected chi connectivity index (χ0v) is 18.9. The van der Waals surface area contributed by atoms with Gasteiger partial charge < -0.3 is 19.1 Å². The van der Waals surface area contributed by atoms with E-state index < -0.39 is 22.1 Å². The molecule has 1 N–H and O–H groups in total. The first-order valence-corrected chi connectivity index (χ1v) is 11.6. The Kier molecular flexibility index (Phi) is 7.37. The Labute approximate surface area is 187 Å². The number of fused-ring (bicyclic) bond motifs is 1. The summed E-state index contributed by atoms with van der Waals surface area (Å²) < 4.78 is 43.0. The Morgan fingerprint density at radius 1 is 1.16 bits per heavy atom. The molecular formula is C22H26N2O7S. The zero-order chi connectivity index (χ0) is 23.3. The summed E-state index contributed by atoms with van der Waals surface area (Å²) in [5, 5.41) is 0. The molecule has 1 atom stereocenters. The number of rotatable bonds is 8. The quantitative estimate of drug-likeness (QED) is 0.597. The van der Waals surface area contributed by atoms with Crippen molar-refractivity contribution in [2.75, 3.05) is 31.7 Å². The molecule has 3 rings (SSSR count). The van der Waals surface area contributed by atoms with Crippen LogP contribution in [0.1, 0.15) is 13.8 Å². The number of ether oxygens (including phenoxy) is 3. The van der Waals surface area contributed by atoms with E-state index in [1.165, 1.54) is 36.3 Å². The average molecular weight is 463 g/mol. The Balaban J connectivity index is 1.67. The molecule has 1 amide bonds. The minimum absolute atomic E-state index is 0.00934. The van der Waals surface area contributed by atoms with Gasteiger partial charge in [0.1, 0.15) is 11.5 Å². The number of anilines is 1. The molecule has 0 saturated heterocycles. The van der Waals surface area contributed by atoms with E-state index >= 15 is 0 Å². The number of esters is 1. The molecule has 172 valence electrons. The van der Waals surface area contributed by atoms with Crippen LogP contribution in [0.4, 0.5) is 5.69 Å². The smallest absolute Gasteiger partial charge is 0.348 e. The van der Waals surface area contributed by atoms with Gasteiger partial charge in [0.2, 0.25) is 16.1 Å². The Morgan fingerprint density at radius 2 is 1.84 bits per heavy atom. The highest BCUT2D eigenvalue weighted by Crippen LogP contribution is 2.33. The van der Waals surface area contributed by atoms with Crippen molar-refractivity contribution in [1.29, 1.82) is 0 Å². The van der Waals surface area contributed by atoms with Gasteiger partial charge in [-0.05, 0) is 42.3 Å². The van der Waals surface area contributed by atoms with Crippen LogP contribution in [0, 0.1) is 5.92 Å². The van der Waals surface area contributed by atoms with E-state index in [-0.39, 0.29) is 29.9 Å². The van der Waals surface area contributed by atoms with Crippen LogP contribution in [0.25, 0.3) is 0 Å². The molecule has 1 aliphatic heterocycles. The fraction of sp³-hybridized carbons (Fsp3) is 0.364. The number of amides is 1. The van der Waals surface area contributed by atoms with E-state index in [0.29, 0.717) is 23.7 Å². The number of carbonyl (C=O) groups is 2. The number of sulfonamides is 1. The van der Waals surface area contributed by atoms with Gasteiger partial charge in [-0.3, -0.25) is 4.79 Å². The van der Waals surface area contributed by atoms with Crippen LogP contribution >= 0.6 is 0 Å². The minimum Gasteiger partial charge on any atom is -0.484 e. The van der Waals surface area contributed by atoms with E-state index in [1.54, 1.807) is 24.3 Å². The molecule has 0 radical (unpaired) electrons. The summed E-state index contributed by atoms with van der Waals surface area (Å²) in [5.74, 6) is -0.0493. The number of methoxy groups -OCH3 is 1. The van der Waals surface area contributed by atoms with E-state index in [1.807, 2.05) is 13.8 Å². The molecule has 2 aromatic carbocycles. The third-order valence-corrected chi connectivity index (χ3v) is 6.16. The van der Waals surface area contributed by atoms with Gasteiger partial charge in [0.25, 0.3) is 5.91 Å². The number of nitrogens with one attached hydrogen (secondary N) is 1. The summed E-state index contributed by atoms with van der Waals surface area (Å²) in [5.41, 5.74) is 0.527. The number of benzene rings is 2. The molecule has 9 nitrogen and oxygen atoms in total. The first-order chi connectivity index (χ1) is 15.2. The van der Waals surface area contributed by atoms with Crippen molar-refractivity contribution in [2.45, 2.75) is 24.8 Å². The molecule has 1 heterocycles. The number of hydrogen-bond acceptors (Lipinski definition) is 7. The van der Waals surface area contributed by atoms with Crippen LogP contribution in [0.3, 0.4) is 0 Å². The molecule has 2 aromatic rings. The van der Waals surface area contributed by atoms with Gasteiger partial charge >= 0.3 is 5.97 Å². The second-order valence-electron chi connectivity index (χ2n) is 7.61. The lowest BCUT2D eigenvalue weighted by Crippen LogP contribution is -2.48. The van der Waals surface area contributed by atoms with Crippen LogP contribution in [0.2, 0.25) is 0 Å². The van der Waals surface area contributed by atoms with E-state index in [2.05, 4.69) is 4.72 Å². The zero-order valence-electron chi connectivity index (χ0n) is 18.1. The first kappa shape index (κ1) is 23.6. The van der Waals surface area contributed by atoms with Gasteiger partial charge in [0.15, 0.2) is 6.61 Å². The number of carbonyl (C=O) groups excluding carboxylic acids is 2. The van der Waals surface area contributed by atoms with Crippen LogP contribution in [-0.2, 0) is 24.3 Å². The minimum atomic E-state index is -3.61. The van der Waals surface area contributed by atoms with Gasteiger partial charge in [-0.15, -0.1) is 0 Å². The molecule has 0 spiro atoms. The number of hydrogen-bond donors (Lipinski definition) is 1. The highest BCUT2D eigenvalue weighted by atomic mass is 32.2. The van der Waals surface area contributed by atoms with Crippen molar-refractivity contribution in [3.05, 3.63) is 48.5 Å². The maximum atomic E-state index is 12.9. The third kappa shape index (κ3) is 5.57. The van der Waals surface area contributed by atoms with E-state index in [9.17, 15) is 18.0 Å². The summed E-state index contributed by atoms with van der Waals surface area (Å²) in [6.07, 6.45) is -0.943. The third-order valence-electron chi connectivity index (χ3n) is 4.72. The maximum Gasteiger partial charge on any atom is 0.348 e. The molecule has 0 fully saturated rings. The average Bonchev–Trinajstić information content (AvgIpc) is 2.80. The van der Waals surface area contributed by atoms with Crippen molar-refractivity contribution in [2.24, 2.45) is 5.92 Å². The molecule has 0 bridgehead atoms. The molecular weight excluding hydrogens is 436 g/mol. The topological polar surface area (TPSA) is 111 Å². The van der Waals surface area contributed by atoms with Gasteiger partial charge in [0.05, 0.1) is 24.2 Å². The summed E-state index contributed by atoms with van der Waals surface area (Å²) >= 11 is 0. The van der Waals surface area contributed by atoms with Gasteiger partial charge in [-0.1, -0.05) is 26.0 Å². The Hall–Kier alpha value is -3.11. The first-order valence-electron chi connectivity index (χ1n) is 10.1. The standard InChI is InChI=1S/C22H26N2O7S/c1-15(2)12-23-32(27,28)17-10-8-16(9-11-17)30-14-21(25)24-13-20(22(26)29-3)31-19-7-5-4-6-18(19)24/h4-11,15,20,23H,12-14H2,1-3H3. The predicted octanol–water partition coefficient (Wildman–Crippen LogP) is 1.97. The summed E-state index contributed by atoms with van der Waals surface area (Å²) in [6.45, 7) is 3.85. The highest BCUT2D eigenvalue weighted by molar-refractivity contribution is 7.89. The molecule has 32 heavy (non-hydrogen) atoms. The van der Waals surface area contributed by atoms with Crippen molar-refractivity contribution in [3.8, 4) is 11.5 Å². The van der Waals surface area contributed by atoms with Gasteiger partial charge in [0, 0.05) is 6.54 Å². The second kappa shape index (κ2) is 10.0. The van der Waals surface area contributed by atoms with E-state index in [0.717, 1.165) is 0 Å². The fourth-order valence-electron chi connectivity index (χ4n) is 3.02. The van der Waals surface area contributed by atoms with Crippen LogP contribution in [0.15, 0.2) is 53.4 Å². The van der Waals surface area contributed by atoms with Crippen LogP contribution in [-0.4, -0.2) is 53.2 Å². The fourth-order valence-corrected chi connectivity index (χ4v) is 4.24. The van der Waals surface area contributed by atoms with Crippen molar-refractivity contribution in [3.63, 3.8) is 0 Å². The monoisotopic (exact) mass is 462 g/mol. The lowest BCUT2D eigenvalue weighted by Gasteiger charge is -2.33. The summed E-state index contributed by atoms with van der Waals surface area (Å²) in [4.78, 5) is 26.3.